The number of carboxylic acids is 1. The van der Waals surface area contributed by atoms with Crippen molar-refractivity contribution in [3.05, 3.63) is 21.1 Å². The third-order valence-corrected chi connectivity index (χ3v) is 4.02. The second kappa shape index (κ2) is 8.23. The van der Waals surface area contributed by atoms with Gasteiger partial charge in [0, 0.05) is 23.6 Å². The minimum atomic E-state index is -0.937. The van der Waals surface area contributed by atoms with Crippen LogP contribution in [0.3, 0.4) is 0 Å². The Morgan fingerprint density at radius 1 is 1.33 bits per heavy atom. The van der Waals surface area contributed by atoms with Gasteiger partial charge in [-0.2, -0.15) is 0 Å². The number of ether oxygens (including phenoxy) is 1. The lowest BCUT2D eigenvalue weighted by Crippen LogP contribution is -2.36. The fraction of sp³-hybridized carbons (Fsp3) is 0.385. The summed E-state index contributed by atoms with van der Waals surface area (Å²) in [5.41, 5.74) is 0.550. The average Bonchev–Trinajstić information content (AvgIpc) is 2.42. The van der Waals surface area contributed by atoms with E-state index in [0.29, 0.717) is 22.5 Å². The third-order valence-electron chi connectivity index (χ3n) is 2.75. The van der Waals surface area contributed by atoms with Crippen molar-refractivity contribution in [3.8, 4) is 5.75 Å². The average molecular weight is 424 g/mol. The molecule has 0 bridgehead atoms. The molecule has 1 aromatic carbocycles. The summed E-state index contributed by atoms with van der Waals surface area (Å²) in [4.78, 5) is 24.2. The van der Waals surface area contributed by atoms with Crippen molar-refractivity contribution in [2.45, 2.75) is 13.3 Å². The number of carboxylic acid groups (broad SMARTS) is 1. The molecule has 2 N–H and O–H groups in total. The molecule has 0 aromatic heterocycles. The van der Waals surface area contributed by atoms with Gasteiger partial charge in [-0.05, 0) is 44.8 Å². The molecule has 0 heterocycles. The van der Waals surface area contributed by atoms with Crippen molar-refractivity contribution in [2.75, 3.05) is 25.5 Å². The smallest absolute Gasteiger partial charge is 0.321 e. The number of halogens is 2. The highest BCUT2D eigenvalue weighted by molar-refractivity contribution is 9.11. The van der Waals surface area contributed by atoms with Crippen LogP contribution in [-0.4, -0.2) is 42.2 Å². The molecule has 0 aliphatic heterocycles. The van der Waals surface area contributed by atoms with Gasteiger partial charge < -0.3 is 20.1 Å². The van der Waals surface area contributed by atoms with Gasteiger partial charge in [0.2, 0.25) is 0 Å². The Bertz CT molecular complexity index is 537. The number of methoxy groups -OCH3 is 1. The Morgan fingerprint density at radius 2 is 2.00 bits per heavy atom. The number of rotatable bonds is 6. The largest absolute Gasteiger partial charge is 0.495 e. The standard InChI is InChI=1S/C13H16Br2N2O4/c1-3-17(5-4-12(18)19)13(20)16-10-7-11(21-2)9(15)6-8(10)14/h6-7H,3-5H2,1-2H3,(H,16,20)(H,18,19). The highest BCUT2D eigenvalue weighted by atomic mass is 79.9. The number of benzene rings is 1. The van der Waals surface area contributed by atoms with Crippen LogP contribution in [0.4, 0.5) is 10.5 Å². The molecule has 0 aliphatic carbocycles. The number of nitrogens with zero attached hydrogens (tertiary/aromatic N) is 1. The summed E-state index contributed by atoms with van der Waals surface area (Å²) in [6.07, 6.45) is -0.0912. The van der Waals surface area contributed by atoms with Crippen LogP contribution < -0.4 is 10.1 Å². The fourth-order valence-electron chi connectivity index (χ4n) is 1.61. The molecule has 8 heteroatoms. The van der Waals surface area contributed by atoms with Gasteiger partial charge in [0.15, 0.2) is 0 Å². The first-order valence-electron chi connectivity index (χ1n) is 6.19. The van der Waals surface area contributed by atoms with Crippen LogP contribution in [0.15, 0.2) is 21.1 Å². The number of amides is 2. The molecule has 6 nitrogen and oxygen atoms in total. The molecule has 0 spiro atoms. The molecule has 0 saturated heterocycles. The SMILES string of the molecule is CCN(CCC(=O)O)C(=O)Nc1cc(OC)c(Br)cc1Br. The number of aliphatic carboxylic acids is 1. The zero-order valence-electron chi connectivity index (χ0n) is 11.7. The molecule has 1 rings (SSSR count). The van der Waals surface area contributed by atoms with Gasteiger partial charge >= 0.3 is 12.0 Å². The Labute approximate surface area is 139 Å². The van der Waals surface area contributed by atoms with Gasteiger partial charge in [0.05, 0.1) is 23.7 Å². The van der Waals surface area contributed by atoms with Gasteiger partial charge in [0.1, 0.15) is 5.75 Å². The highest BCUT2D eigenvalue weighted by Gasteiger charge is 2.15. The number of carbonyl (C=O) groups is 2. The summed E-state index contributed by atoms with van der Waals surface area (Å²) in [5.74, 6) is -0.352. The maximum atomic E-state index is 12.1. The second-order valence-electron chi connectivity index (χ2n) is 4.12. The summed E-state index contributed by atoms with van der Waals surface area (Å²) >= 11 is 6.71. The number of nitrogens with one attached hydrogen (secondary N) is 1. The van der Waals surface area contributed by atoms with E-state index in [0.717, 1.165) is 4.47 Å². The van der Waals surface area contributed by atoms with Crippen molar-refractivity contribution in [3.63, 3.8) is 0 Å². The predicted octanol–water partition coefficient (Wildman–Crippen LogP) is 3.55. The van der Waals surface area contributed by atoms with Gasteiger partial charge in [-0.3, -0.25) is 4.79 Å². The molecule has 0 fully saturated rings. The maximum absolute atomic E-state index is 12.1. The van der Waals surface area contributed by atoms with Crippen molar-refractivity contribution in [1.82, 2.24) is 4.90 Å². The number of hydrogen-bond donors (Lipinski definition) is 2. The number of anilines is 1. The molecule has 21 heavy (non-hydrogen) atoms. The number of carbonyl (C=O) groups excluding carboxylic acids is 1. The molecule has 0 atom stereocenters. The molecule has 116 valence electrons. The Kier molecular flexibility index (Phi) is 6.97. The van der Waals surface area contributed by atoms with E-state index in [9.17, 15) is 9.59 Å². The Hall–Kier alpha value is -1.28. The lowest BCUT2D eigenvalue weighted by atomic mass is 10.3. The number of urea groups is 1. The first-order chi connectivity index (χ1) is 9.88. The van der Waals surface area contributed by atoms with E-state index in [2.05, 4.69) is 37.2 Å². The van der Waals surface area contributed by atoms with Crippen LogP contribution in [0.5, 0.6) is 5.75 Å². The summed E-state index contributed by atoms with van der Waals surface area (Å²) in [6.45, 7) is 2.37. The lowest BCUT2D eigenvalue weighted by molar-refractivity contribution is -0.137. The van der Waals surface area contributed by atoms with Gasteiger partial charge in [-0.15, -0.1) is 0 Å². The van der Waals surface area contributed by atoms with Crippen LogP contribution in [0, 0.1) is 0 Å². The van der Waals surface area contributed by atoms with Crippen molar-refractivity contribution in [1.29, 1.82) is 0 Å². The molecule has 0 unspecified atom stereocenters. The lowest BCUT2D eigenvalue weighted by Gasteiger charge is -2.21. The summed E-state index contributed by atoms with van der Waals surface area (Å²) in [5, 5.41) is 11.4. The topological polar surface area (TPSA) is 78.9 Å². The highest BCUT2D eigenvalue weighted by Crippen LogP contribution is 2.34. The normalized spacial score (nSPS) is 10.1. The van der Waals surface area contributed by atoms with E-state index in [-0.39, 0.29) is 19.0 Å². The quantitative estimate of drug-likeness (QED) is 0.733. The van der Waals surface area contributed by atoms with Crippen LogP contribution in [-0.2, 0) is 4.79 Å². The fourth-order valence-corrected chi connectivity index (χ4v) is 2.86. The zero-order valence-corrected chi connectivity index (χ0v) is 14.8. The van der Waals surface area contributed by atoms with E-state index >= 15 is 0 Å². The van der Waals surface area contributed by atoms with E-state index in [1.807, 2.05) is 0 Å². The minimum absolute atomic E-state index is 0.0912. The van der Waals surface area contributed by atoms with E-state index in [1.165, 1.54) is 12.0 Å². The maximum Gasteiger partial charge on any atom is 0.321 e. The van der Waals surface area contributed by atoms with Crippen LogP contribution in [0.25, 0.3) is 0 Å². The molecule has 0 radical (unpaired) electrons. The third kappa shape index (κ3) is 5.20. The van der Waals surface area contributed by atoms with Gasteiger partial charge in [-0.25, -0.2) is 4.79 Å². The van der Waals surface area contributed by atoms with Crippen LogP contribution in [0.1, 0.15) is 13.3 Å². The predicted molar refractivity (Wildman–Crippen MR) is 86.9 cm³/mol. The molecule has 0 aliphatic rings. The molecule has 1 aromatic rings. The molecule has 2 amide bonds. The summed E-state index contributed by atoms with van der Waals surface area (Å²) < 4.78 is 6.63. The van der Waals surface area contributed by atoms with E-state index < -0.39 is 5.97 Å². The van der Waals surface area contributed by atoms with Crippen molar-refractivity contribution < 1.29 is 19.4 Å². The molecule has 0 saturated carbocycles. The van der Waals surface area contributed by atoms with E-state index in [4.69, 9.17) is 9.84 Å². The summed E-state index contributed by atoms with van der Waals surface area (Å²) in [6, 6.07) is 3.09. The number of hydrogen-bond acceptors (Lipinski definition) is 3. The van der Waals surface area contributed by atoms with Crippen LogP contribution in [0.2, 0.25) is 0 Å². The molecular formula is C13H16Br2N2O4. The van der Waals surface area contributed by atoms with Crippen molar-refractivity contribution >= 4 is 49.5 Å². The first kappa shape index (κ1) is 17.8. The monoisotopic (exact) mass is 422 g/mol. The summed E-state index contributed by atoms with van der Waals surface area (Å²) in [7, 11) is 1.53. The first-order valence-corrected chi connectivity index (χ1v) is 7.78. The van der Waals surface area contributed by atoms with E-state index in [1.54, 1.807) is 19.1 Å². The molecular weight excluding hydrogens is 408 g/mol. The van der Waals surface area contributed by atoms with Crippen LogP contribution >= 0.6 is 31.9 Å². The van der Waals surface area contributed by atoms with Gasteiger partial charge in [0.25, 0.3) is 0 Å². The Morgan fingerprint density at radius 3 is 2.52 bits per heavy atom. The van der Waals surface area contributed by atoms with Gasteiger partial charge in [-0.1, -0.05) is 0 Å². The minimum Gasteiger partial charge on any atom is -0.495 e. The van der Waals surface area contributed by atoms with Crippen molar-refractivity contribution in [2.24, 2.45) is 0 Å². The second-order valence-corrected chi connectivity index (χ2v) is 5.83. The zero-order chi connectivity index (χ0) is 16.0. The Balaban J connectivity index is 2.83.